The second-order valence-corrected chi connectivity index (χ2v) is 5.62. The van der Waals surface area contributed by atoms with E-state index in [2.05, 4.69) is 16.7 Å². The summed E-state index contributed by atoms with van der Waals surface area (Å²) < 4.78 is 0. The van der Waals surface area contributed by atoms with E-state index in [1.165, 1.54) is 29.2 Å². The Bertz CT molecular complexity index is 266. The predicted octanol–water partition coefficient (Wildman–Crippen LogP) is 2.21. The van der Waals surface area contributed by atoms with Gasteiger partial charge in [0.05, 0.1) is 0 Å². The third-order valence-electron chi connectivity index (χ3n) is 2.37. The molecule has 13 heavy (non-hydrogen) atoms. The number of nitrogens with two attached hydrogens (primary N) is 1. The molecule has 0 spiro atoms. The summed E-state index contributed by atoms with van der Waals surface area (Å²) in [7, 11) is 0. The summed E-state index contributed by atoms with van der Waals surface area (Å²) in [5.41, 5.74) is 5.54. The predicted molar refractivity (Wildman–Crippen MR) is 59.3 cm³/mol. The molecule has 0 aliphatic carbocycles. The van der Waals surface area contributed by atoms with Crippen LogP contribution < -0.4 is 5.73 Å². The van der Waals surface area contributed by atoms with Gasteiger partial charge in [-0.25, -0.2) is 4.98 Å². The maximum absolute atomic E-state index is 5.54. The Hall–Kier alpha value is -0.0600. The van der Waals surface area contributed by atoms with Crippen molar-refractivity contribution in [3.05, 3.63) is 16.1 Å². The quantitative estimate of drug-likeness (QED) is 0.820. The van der Waals surface area contributed by atoms with E-state index >= 15 is 0 Å². The van der Waals surface area contributed by atoms with Gasteiger partial charge in [0.15, 0.2) is 0 Å². The van der Waals surface area contributed by atoms with E-state index in [1.807, 2.05) is 6.20 Å². The van der Waals surface area contributed by atoms with Gasteiger partial charge < -0.3 is 5.73 Å². The van der Waals surface area contributed by atoms with Gasteiger partial charge in [-0.2, -0.15) is 11.8 Å². The Morgan fingerprint density at radius 2 is 2.23 bits per heavy atom. The van der Waals surface area contributed by atoms with Crippen LogP contribution in [-0.4, -0.2) is 16.5 Å². The Labute approximate surface area is 86.9 Å². The van der Waals surface area contributed by atoms with Crippen LogP contribution in [0.25, 0.3) is 0 Å². The van der Waals surface area contributed by atoms with Gasteiger partial charge >= 0.3 is 0 Å². The fraction of sp³-hybridized carbons (Fsp3) is 0.667. The zero-order valence-corrected chi connectivity index (χ0v) is 9.16. The van der Waals surface area contributed by atoms with Gasteiger partial charge in [-0.1, -0.05) is 0 Å². The van der Waals surface area contributed by atoms with Crippen molar-refractivity contribution < 1.29 is 0 Å². The van der Waals surface area contributed by atoms with Crippen LogP contribution in [0.4, 0.5) is 0 Å². The van der Waals surface area contributed by atoms with Crippen molar-refractivity contribution in [1.29, 1.82) is 0 Å². The first kappa shape index (κ1) is 9.49. The van der Waals surface area contributed by atoms with Crippen LogP contribution in [0.2, 0.25) is 0 Å². The molecule has 0 radical (unpaired) electrons. The number of thioether (sulfide) groups is 1. The highest BCUT2D eigenvalue weighted by Crippen LogP contribution is 2.34. The van der Waals surface area contributed by atoms with Gasteiger partial charge in [0.2, 0.25) is 0 Å². The lowest BCUT2D eigenvalue weighted by atomic mass is 10.0. The maximum Gasteiger partial charge on any atom is 0.106 e. The molecule has 0 bridgehead atoms. The fourth-order valence-corrected chi connectivity index (χ4v) is 3.66. The van der Waals surface area contributed by atoms with Crippen LogP contribution in [-0.2, 0) is 6.54 Å². The molecule has 1 aromatic rings. The Balaban J connectivity index is 2.05. The molecule has 2 nitrogen and oxygen atoms in total. The second-order valence-electron chi connectivity index (χ2n) is 3.25. The molecule has 1 saturated heterocycles. The largest absolute Gasteiger partial charge is 0.325 e. The van der Waals surface area contributed by atoms with Crippen LogP contribution in [0.15, 0.2) is 6.20 Å². The van der Waals surface area contributed by atoms with Gasteiger partial charge in [0, 0.05) is 17.6 Å². The molecule has 2 rings (SSSR count). The summed E-state index contributed by atoms with van der Waals surface area (Å²) in [5, 5.41) is 1.08. The molecule has 1 aliphatic rings. The second kappa shape index (κ2) is 4.44. The van der Waals surface area contributed by atoms with Crippen molar-refractivity contribution in [2.75, 3.05) is 11.5 Å². The van der Waals surface area contributed by atoms with E-state index in [0.717, 1.165) is 10.9 Å². The van der Waals surface area contributed by atoms with Crippen LogP contribution in [0, 0.1) is 0 Å². The van der Waals surface area contributed by atoms with Gasteiger partial charge in [-0.15, -0.1) is 11.3 Å². The molecule has 0 amide bonds. The van der Waals surface area contributed by atoms with E-state index in [0.29, 0.717) is 6.54 Å². The smallest absolute Gasteiger partial charge is 0.106 e. The summed E-state index contributed by atoms with van der Waals surface area (Å²) in [6.45, 7) is 0.589. The lowest BCUT2D eigenvalue weighted by Gasteiger charge is -2.19. The number of hydrogen-bond acceptors (Lipinski definition) is 4. The molecule has 1 aliphatic heterocycles. The van der Waals surface area contributed by atoms with Crippen molar-refractivity contribution >= 4 is 23.1 Å². The fourth-order valence-electron chi connectivity index (χ4n) is 1.59. The van der Waals surface area contributed by atoms with E-state index in [-0.39, 0.29) is 0 Å². The van der Waals surface area contributed by atoms with Crippen LogP contribution in [0.1, 0.15) is 28.6 Å². The molecule has 1 fully saturated rings. The van der Waals surface area contributed by atoms with Gasteiger partial charge in [-0.05, 0) is 30.3 Å². The summed E-state index contributed by atoms with van der Waals surface area (Å²) in [6.07, 6.45) is 4.65. The topological polar surface area (TPSA) is 38.9 Å². The van der Waals surface area contributed by atoms with Crippen molar-refractivity contribution in [3.63, 3.8) is 0 Å². The number of hydrogen-bond donors (Lipinski definition) is 1. The molecule has 1 aromatic heterocycles. The highest BCUT2D eigenvalue weighted by molar-refractivity contribution is 7.99. The maximum atomic E-state index is 5.54. The minimum Gasteiger partial charge on any atom is -0.325 e. The molecule has 0 saturated carbocycles. The number of nitrogens with zero attached hydrogens (tertiary/aromatic N) is 1. The van der Waals surface area contributed by atoms with Crippen LogP contribution in [0.5, 0.6) is 0 Å². The van der Waals surface area contributed by atoms with Crippen LogP contribution >= 0.6 is 23.1 Å². The molecule has 0 aromatic carbocycles. The molecule has 72 valence electrons. The van der Waals surface area contributed by atoms with Gasteiger partial charge in [0.25, 0.3) is 0 Å². The van der Waals surface area contributed by atoms with E-state index in [1.54, 1.807) is 11.3 Å². The van der Waals surface area contributed by atoms with E-state index in [4.69, 9.17) is 5.73 Å². The van der Waals surface area contributed by atoms with E-state index < -0.39 is 0 Å². The lowest BCUT2D eigenvalue weighted by Crippen LogP contribution is -2.05. The Morgan fingerprint density at radius 3 is 2.85 bits per heavy atom. The van der Waals surface area contributed by atoms with Gasteiger partial charge in [0.1, 0.15) is 5.01 Å². The van der Waals surface area contributed by atoms with Crippen molar-refractivity contribution in [2.45, 2.75) is 25.3 Å². The Kier molecular flexibility index (Phi) is 3.24. The van der Waals surface area contributed by atoms with Crippen molar-refractivity contribution in [3.8, 4) is 0 Å². The Morgan fingerprint density at radius 1 is 1.46 bits per heavy atom. The molecule has 2 heterocycles. The number of thiazole rings is 1. The average molecular weight is 214 g/mol. The summed E-state index contributed by atoms with van der Waals surface area (Å²) in [4.78, 5) is 5.74. The molecular weight excluding hydrogens is 200 g/mol. The van der Waals surface area contributed by atoms with Gasteiger partial charge in [-0.3, -0.25) is 0 Å². The standard InChI is InChI=1S/C9H14N2S2/c10-5-9-11-6-8(13-9)7-1-3-12-4-2-7/h6-7H,1-5,10H2. The normalized spacial score (nSPS) is 19.2. The van der Waals surface area contributed by atoms with Crippen LogP contribution in [0.3, 0.4) is 0 Å². The molecule has 0 unspecified atom stereocenters. The molecule has 2 N–H and O–H groups in total. The minimum atomic E-state index is 0.589. The minimum absolute atomic E-state index is 0.589. The monoisotopic (exact) mass is 214 g/mol. The highest BCUT2D eigenvalue weighted by atomic mass is 32.2. The first-order valence-corrected chi connectivity index (χ1v) is 6.59. The number of rotatable bonds is 2. The average Bonchev–Trinajstić information content (AvgIpc) is 2.67. The molecule has 0 atom stereocenters. The first-order valence-electron chi connectivity index (χ1n) is 4.62. The number of aromatic nitrogens is 1. The lowest BCUT2D eigenvalue weighted by molar-refractivity contribution is 0.647. The third-order valence-corrected chi connectivity index (χ3v) is 4.60. The highest BCUT2D eigenvalue weighted by Gasteiger charge is 2.17. The molecule has 4 heteroatoms. The summed E-state index contributed by atoms with van der Waals surface area (Å²) in [5.74, 6) is 3.38. The summed E-state index contributed by atoms with van der Waals surface area (Å²) >= 11 is 3.86. The molecular formula is C9H14N2S2. The zero-order valence-electron chi connectivity index (χ0n) is 7.53. The summed E-state index contributed by atoms with van der Waals surface area (Å²) in [6, 6.07) is 0. The first-order chi connectivity index (χ1) is 6.40. The SMILES string of the molecule is NCc1ncc(C2CCSCC2)s1. The zero-order chi connectivity index (χ0) is 9.10. The van der Waals surface area contributed by atoms with Crippen molar-refractivity contribution in [2.24, 2.45) is 5.73 Å². The van der Waals surface area contributed by atoms with Crippen molar-refractivity contribution in [1.82, 2.24) is 4.98 Å². The third kappa shape index (κ3) is 2.24. The van der Waals surface area contributed by atoms with E-state index in [9.17, 15) is 0 Å².